The second-order valence-electron chi connectivity index (χ2n) is 9.14. The summed E-state index contributed by atoms with van der Waals surface area (Å²) in [6, 6.07) is 34.9. The van der Waals surface area contributed by atoms with Crippen molar-refractivity contribution in [2.45, 2.75) is 27.7 Å². The fourth-order valence-electron chi connectivity index (χ4n) is 4.23. The molecular weight excluding hydrogens is 504 g/mol. The Kier molecular flexibility index (Phi) is 10.2. The van der Waals surface area contributed by atoms with Crippen molar-refractivity contribution >= 4 is 53.3 Å². The van der Waals surface area contributed by atoms with Crippen LogP contribution in [-0.4, -0.2) is 10.2 Å². The van der Waals surface area contributed by atoms with Crippen molar-refractivity contribution in [3.05, 3.63) is 121 Å². The third kappa shape index (κ3) is 6.44. The van der Waals surface area contributed by atoms with E-state index in [1.54, 1.807) is 5.54 Å². The van der Waals surface area contributed by atoms with Crippen molar-refractivity contribution in [1.29, 1.82) is 0 Å². The molecule has 0 radical (unpaired) electrons. The number of fused-ring (bicyclic) bond motifs is 6. The van der Waals surface area contributed by atoms with Crippen LogP contribution >= 0.6 is 0 Å². The van der Waals surface area contributed by atoms with Crippen LogP contribution in [0.1, 0.15) is 25.0 Å². The summed E-state index contributed by atoms with van der Waals surface area (Å²) in [6.07, 6.45) is 0. The molecule has 0 heterocycles. The molecule has 0 atom stereocenters. The molecule has 0 unspecified atom stereocenters. The molecule has 0 aliphatic carbocycles. The number of rotatable bonds is 0. The second-order valence-corrected chi connectivity index (χ2v) is 11.1. The topological polar surface area (TPSA) is 0 Å². The third-order valence-corrected chi connectivity index (χ3v) is 5.52. The molecule has 0 amide bonds. The molecule has 170 valence electrons. The third-order valence-electron chi connectivity index (χ3n) is 5.52. The van der Waals surface area contributed by atoms with E-state index in [1.807, 2.05) is 0 Å². The van der Waals surface area contributed by atoms with Gasteiger partial charge in [-0.15, -0.1) is 67.2 Å². The Morgan fingerprint density at radius 1 is 0.588 bits per heavy atom. The number of aryl methyl sites for hydroxylation is 2. The van der Waals surface area contributed by atoms with Gasteiger partial charge < -0.3 is 13.0 Å². The van der Waals surface area contributed by atoms with Gasteiger partial charge in [0.1, 0.15) is 0 Å². The van der Waals surface area contributed by atoms with Gasteiger partial charge in [-0.05, 0) is 0 Å². The Morgan fingerprint density at radius 3 is 1.29 bits per heavy atom. The Hall–Kier alpha value is -2.28. The summed E-state index contributed by atoms with van der Waals surface area (Å²) in [7, 11) is 1.27. The van der Waals surface area contributed by atoms with Crippen molar-refractivity contribution < 1.29 is 26.2 Å². The van der Waals surface area contributed by atoms with E-state index in [0.717, 1.165) is 0 Å². The number of hydrogen-bond donors (Lipinski definition) is 0. The first-order chi connectivity index (χ1) is 15.4. The fraction of sp³-hybridized carbons (Fsp3) is 0.125. The molecule has 0 aliphatic heterocycles. The summed E-state index contributed by atoms with van der Waals surface area (Å²) in [5, 5.41) is 10.8. The maximum atomic E-state index is 2.26. The molecule has 0 aliphatic rings. The Morgan fingerprint density at radius 2 is 0.912 bits per heavy atom. The predicted molar refractivity (Wildman–Crippen MR) is 155 cm³/mol. The summed E-state index contributed by atoms with van der Waals surface area (Å²) >= 11 is 0. The summed E-state index contributed by atoms with van der Waals surface area (Å²) in [5.74, 6) is 0. The Labute approximate surface area is 227 Å². The van der Waals surface area contributed by atoms with E-state index in [-0.39, 0.29) is 33.6 Å². The van der Waals surface area contributed by atoms with Crippen LogP contribution in [0.3, 0.4) is 0 Å². The van der Waals surface area contributed by atoms with E-state index in [1.165, 1.54) is 64.5 Å². The minimum absolute atomic E-state index is 0. The van der Waals surface area contributed by atoms with Crippen molar-refractivity contribution in [2.24, 2.45) is 0 Å². The molecule has 6 aromatic rings. The van der Waals surface area contributed by atoms with Crippen LogP contribution in [0.4, 0.5) is 0 Å². The van der Waals surface area contributed by atoms with Gasteiger partial charge in [0.15, 0.2) is 0 Å². The van der Waals surface area contributed by atoms with Gasteiger partial charge in [-0.25, -0.2) is 0 Å². The molecule has 0 saturated carbocycles. The molecule has 0 spiro atoms. The van der Waals surface area contributed by atoms with Crippen LogP contribution in [0.5, 0.6) is 0 Å². The minimum atomic E-state index is 0. The molecule has 0 aromatic heterocycles. The van der Waals surface area contributed by atoms with Gasteiger partial charge in [0, 0.05) is 0 Å². The first kappa shape index (κ1) is 28.0. The molecule has 0 saturated heterocycles. The molecule has 0 nitrogen and oxygen atoms in total. The first-order valence-corrected chi connectivity index (χ1v) is 12.3. The molecule has 6 rings (SSSR count). The zero-order valence-corrected chi connectivity index (χ0v) is 25.7. The summed E-state index contributed by atoms with van der Waals surface area (Å²) in [4.78, 5) is 0. The molecule has 2 heteroatoms. The van der Waals surface area contributed by atoms with Gasteiger partial charge in [-0.2, -0.15) is 26.0 Å². The molecular formula is C32H34SiZr. The molecule has 34 heavy (non-hydrogen) atoms. The molecule has 0 fully saturated rings. The second kappa shape index (κ2) is 12.4. The predicted octanol–water partition coefficient (Wildman–Crippen LogP) is 8.41. The van der Waals surface area contributed by atoms with Gasteiger partial charge in [0.2, 0.25) is 0 Å². The van der Waals surface area contributed by atoms with Crippen molar-refractivity contribution in [2.75, 3.05) is 0 Å². The van der Waals surface area contributed by atoms with E-state index < -0.39 is 0 Å². The molecule has 6 aromatic carbocycles. The zero-order valence-electron chi connectivity index (χ0n) is 21.2. The van der Waals surface area contributed by atoms with E-state index in [0.29, 0.717) is 0 Å². The maximum absolute atomic E-state index is 2.26. The zero-order chi connectivity index (χ0) is 22.7. The van der Waals surface area contributed by atoms with Crippen LogP contribution in [0.25, 0.3) is 43.1 Å². The van der Waals surface area contributed by atoms with Gasteiger partial charge in [0.05, 0.1) is 0 Å². The van der Waals surface area contributed by atoms with Gasteiger partial charge in [0.25, 0.3) is 0 Å². The van der Waals surface area contributed by atoms with E-state index >= 15 is 0 Å². The number of benzene rings is 4. The van der Waals surface area contributed by atoms with Crippen LogP contribution < -0.4 is 0 Å². The maximum Gasteiger partial charge on any atom is 4.00 e. The standard InChI is InChI=1S/2C14H11.C3H9Si.CH3.Zr/c2*1-10-8-12-7-6-11-4-2-3-5-13(11)14(12)9-10;1-3(2)4;;/h2*2-9H,1H3;1-2,4H3;1H3;/q4*-1;+4. The Bertz CT molecular complexity index is 1370. The summed E-state index contributed by atoms with van der Waals surface area (Å²) in [6.45, 7) is 8.59. The van der Waals surface area contributed by atoms with Crippen molar-refractivity contribution in [3.8, 4) is 0 Å². The smallest absolute Gasteiger partial charge is 0.358 e. The van der Waals surface area contributed by atoms with Crippen LogP contribution in [0, 0.1) is 26.8 Å². The monoisotopic (exact) mass is 536 g/mol. The largest absolute Gasteiger partial charge is 4.00 e. The first-order valence-electron chi connectivity index (χ1n) is 11.3. The minimum Gasteiger partial charge on any atom is -0.358 e. The van der Waals surface area contributed by atoms with Gasteiger partial charge in [-0.1, -0.05) is 96.1 Å². The average Bonchev–Trinajstić information content (AvgIpc) is 3.35. The van der Waals surface area contributed by atoms with Crippen LogP contribution in [-0.2, 0) is 26.2 Å². The van der Waals surface area contributed by atoms with E-state index in [2.05, 4.69) is 125 Å². The van der Waals surface area contributed by atoms with E-state index in [4.69, 9.17) is 0 Å². The normalized spacial score (nSPS) is 10.4. The summed E-state index contributed by atoms with van der Waals surface area (Å²) < 4.78 is 0. The molecule has 0 bridgehead atoms. The van der Waals surface area contributed by atoms with Gasteiger partial charge >= 0.3 is 26.2 Å². The van der Waals surface area contributed by atoms with E-state index in [9.17, 15) is 0 Å². The number of hydrogen-bond acceptors (Lipinski definition) is 0. The van der Waals surface area contributed by atoms with Gasteiger partial charge in [-0.3, -0.25) is 0 Å². The summed E-state index contributed by atoms with van der Waals surface area (Å²) in [5.41, 5.74) is 4.24. The van der Waals surface area contributed by atoms with Crippen molar-refractivity contribution in [1.82, 2.24) is 0 Å². The van der Waals surface area contributed by atoms with Crippen LogP contribution in [0.2, 0.25) is 0 Å². The molecule has 0 N–H and O–H groups in total. The van der Waals surface area contributed by atoms with Crippen LogP contribution in [0.15, 0.2) is 97.1 Å². The van der Waals surface area contributed by atoms with Crippen molar-refractivity contribution in [3.63, 3.8) is 0 Å². The average molecular weight is 538 g/mol. The fourth-order valence-corrected chi connectivity index (χ4v) is 4.23. The quantitative estimate of drug-likeness (QED) is 0.135. The Balaban J connectivity index is 0.000000198. The SMILES string of the molecule is C[C-](C)[SiH3].Cc1cc2ccc3ccccc3c2[cH-]1.Cc1cc2ccc3ccccc3c2[cH-]1.[CH3-].[Zr+4].